The van der Waals surface area contributed by atoms with Crippen molar-refractivity contribution in [1.82, 2.24) is 4.98 Å². The number of aromatic nitrogens is 1. The third-order valence-corrected chi connectivity index (χ3v) is 6.46. The number of halogens is 1. The van der Waals surface area contributed by atoms with E-state index in [1.165, 1.54) is 26.1 Å². The Morgan fingerprint density at radius 2 is 1.59 bits per heavy atom. The number of nitrogens with zero attached hydrogens (tertiary/aromatic N) is 1. The molecule has 5 rings (SSSR count). The molecular formula is C24H16ClNS. The van der Waals surface area contributed by atoms with Crippen molar-refractivity contribution in [2.75, 3.05) is 0 Å². The van der Waals surface area contributed by atoms with E-state index in [4.69, 9.17) is 16.6 Å². The van der Waals surface area contributed by atoms with E-state index in [9.17, 15) is 0 Å². The second-order valence-electron chi connectivity index (χ2n) is 6.63. The summed E-state index contributed by atoms with van der Waals surface area (Å²) in [5.41, 5.74) is 5.60. The van der Waals surface area contributed by atoms with Gasteiger partial charge in [-0.2, -0.15) is 0 Å². The Kier molecular flexibility index (Phi) is 3.96. The summed E-state index contributed by atoms with van der Waals surface area (Å²) in [6.07, 6.45) is 0. The molecule has 0 aliphatic rings. The van der Waals surface area contributed by atoms with Gasteiger partial charge in [-0.3, -0.25) is 0 Å². The van der Waals surface area contributed by atoms with E-state index < -0.39 is 0 Å². The molecule has 5 aromatic rings. The Labute approximate surface area is 166 Å². The van der Waals surface area contributed by atoms with Crippen molar-refractivity contribution in [1.29, 1.82) is 0 Å². The van der Waals surface area contributed by atoms with Gasteiger partial charge in [0.25, 0.3) is 0 Å². The number of thiophene rings is 1. The van der Waals surface area contributed by atoms with Crippen LogP contribution in [0.15, 0.2) is 78.9 Å². The molecule has 2 heterocycles. The highest BCUT2D eigenvalue weighted by Crippen LogP contribution is 2.40. The van der Waals surface area contributed by atoms with Crippen LogP contribution in [0.4, 0.5) is 0 Å². The zero-order chi connectivity index (χ0) is 18.4. The fourth-order valence-electron chi connectivity index (χ4n) is 3.59. The molecule has 3 aromatic carbocycles. The van der Waals surface area contributed by atoms with Crippen molar-refractivity contribution in [3.05, 3.63) is 89.4 Å². The van der Waals surface area contributed by atoms with Crippen LogP contribution >= 0.6 is 22.9 Å². The van der Waals surface area contributed by atoms with Crippen LogP contribution in [0.3, 0.4) is 0 Å². The predicted octanol–water partition coefficient (Wildman–Crippen LogP) is 7.75. The van der Waals surface area contributed by atoms with Gasteiger partial charge in [-0.25, -0.2) is 4.98 Å². The van der Waals surface area contributed by atoms with Crippen LogP contribution in [0.1, 0.15) is 5.56 Å². The van der Waals surface area contributed by atoms with E-state index in [1.54, 1.807) is 11.3 Å². The largest absolute Gasteiger partial charge is 0.247 e. The third kappa shape index (κ3) is 2.82. The highest BCUT2D eigenvalue weighted by atomic mass is 35.5. The van der Waals surface area contributed by atoms with Crippen LogP contribution in [0.5, 0.6) is 0 Å². The number of benzene rings is 3. The summed E-state index contributed by atoms with van der Waals surface area (Å²) in [5, 5.41) is 3.11. The molecule has 0 bridgehead atoms. The summed E-state index contributed by atoms with van der Waals surface area (Å²) in [6, 6.07) is 27.1. The van der Waals surface area contributed by atoms with Crippen molar-refractivity contribution in [3.63, 3.8) is 0 Å². The first-order valence-electron chi connectivity index (χ1n) is 8.85. The molecule has 1 nitrogen and oxygen atoms in total. The normalized spacial score (nSPS) is 11.3. The van der Waals surface area contributed by atoms with Gasteiger partial charge in [0.2, 0.25) is 0 Å². The smallest absolute Gasteiger partial charge is 0.0818 e. The topological polar surface area (TPSA) is 12.9 Å². The second-order valence-corrected chi connectivity index (χ2v) is 8.12. The molecule has 0 atom stereocenters. The zero-order valence-corrected chi connectivity index (χ0v) is 16.3. The van der Waals surface area contributed by atoms with Gasteiger partial charge in [-0.05, 0) is 59.3 Å². The number of hydrogen-bond donors (Lipinski definition) is 0. The van der Waals surface area contributed by atoms with E-state index in [0.717, 1.165) is 27.2 Å². The molecule has 0 aliphatic heterocycles. The summed E-state index contributed by atoms with van der Waals surface area (Å²) in [7, 11) is 0. The van der Waals surface area contributed by atoms with Gasteiger partial charge >= 0.3 is 0 Å². The minimum absolute atomic E-state index is 0.729. The first kappa shape index (κ1) is 16.5. The molecule has 0 fully saturated rings. The number of pyridine rings is 1. The van der Waals surface area contributed by atoms with E-state index in [2.05, 4.69) is 61.5 Å². The average Bonchev–Trinajstić information content (AvgIpc) is 3.05. The van der Waals surface area contributed by atoms with Gasteiger partial charge in [0.15, 0.2) is 0 Å². The fraction of sp³-hybridized carbons (Fsp3) is 0.0417. The average molecular weight is 386 g/mol. The quantitative estimate of drug-likeness (QED) is 0.302. The molecule has 0 radical (unpaired) electrons. The molecule has 0 N–H and O–H groups in total. The minimum Gasteiger partial charge on any atom is -0.247 e. The molecular weight excluding hydrogens is 370 g/mol. The molecule has 2 aromatic heterocycles. The van der Waals surface area contributed by atoms with E-state index in [0.29, 0.717) is 0 Å². The number of aryl methyl sites for hydroxylation is 1. The van der Waals surface area contributed by atoms with Crippen LogP contribution in [-0.2, 0) is 0 Å². The maximum absolute atomic E-state index is 6.29. The first-order valence-corrected chi connectivity index (χ1v) is 10.0. The van der Waals surface area contributed by atoms with Crippen LogP contribution in [0.2, 0.25) is 5.02 Å². The number of hydrogen-bond acceptors (Lipinski definition) is 2. The van der Waals surface area contributed by atoms with Crippen molar-refractivity contribution >= 4 is 43.9 Å². The Morgan fingerprint density at radius 1 is 0.815 bits per heavy atom. The molecule has 0 aliphatic carbocycles. The van der Waals surface area contributed by atoms with Gasteiger partial charge in [0.1, 0.15) is 0 Å². The minimum atomic E-state index is 0.729. The number of rotatable bonds is 2. The van der Waals surface area contributed by atoms with Crippen molar-refractivity contribution < 1.29 is 0 Å². The maximum atomic E-state index is 6.29. The van der Waals surface area contributed by atoms with Crippen LogP contribution in [-0.4, -0.2) is 4.98 Å². The summed E-state index contributed by atoms with van der Waals surface area (Å²) in [6.45, 7) is 2.18. The van der Waals surface area contributed by atoms with Gasteiger partial charge in [-0.15, -0.1) is 11.3 Å². The Morgan fingerprint density at radius 3 is 2.41 bits per heavy atom. The highest BCUT2D eigenvalue weighted by Gasteiger charge is 2.15. The fourth-order valence-corrected chi connectivity index (χ4v) is 4.93. The van der Waals surface area contributed by atoms with E-state index in [-0.39, 0.29) is 0 Å². The van der Waals surface area contributed by atoms with Gasteiger partial charge in [0, 0.05) is 15.1 Å². The Hall–Kier alpha value is -2.68. The van der Waals surface area contributed by atoms with E-state index >= 15 is 0 Å². The lowest BCUT2D eigenvalue weighted by molar-refractivity contribution is 1.40. The molecule has 0 saturated carbocycles. The maximum Gasteiger partial charge on any atom is 0.0818 e. The van der Waals surface area contributed by atoms with Gasteiger partial charge in [-0.1, -0.05) is 60.1 Å². The molecule has 0 spiro atoms. The lowest BCUT2D eigenvalue weighted by Crippen LogP contribution is -1.89. The summed E-state index contributed by atoms with van der Waals surface area (Å²) < 4.78 is 1.30. The zero-order valence-electron chi connectivity index (χ0n) is 14.7. The lowest BCUT2D eigenvalue weighted by Gasteiger charge is -2.10. The first-order chi connectivity index (χ1) is 13.2. The second kappa shape index (κ2) is 6.49. The van der Waals surface area contributed by atoms with Gasteiger partial charge in [0.05, 0.1) is 16.1 Å². The van der Waals surface area contributed by atoms with Crippen LogP contribution < -0.4 is 0 Å². The molecule has 27 heavy (non-hydrogen) atoms. The Balaban J connectivity index is 1.83. The summed E-state index contributed by atoms with van der Waals surface area (Å²) >= 11 is 8.09. The molecule has 0 saturated heterocycles. The summed E-state index contributed by atoms with van der Waals surface area (Å²) in [5.74, 6) is 0. The van der Waals surface area contributed by atoms with E-state index in [1.807, 2.05) is 24.3 Å². The predicted molar refractivity (Wildman–Crippen MR) is 118 cm³/mol. The van der Waals surface area contributed by atoms with Crippen molar-refractivity contribution in [2.45, 2.75) is 6.92 Å². The highest BCUT2D eigenvalue weighted by molar-refractivity contribution is 7.22. The summed E-state index contributed by atoms with van der Waals surface area (Å²) in [4.78, 5) is 6.21. The monoisotopic (exact) mass is 385 g/mol. The standard InChI is InChI=1S/C24H16ClNS/c1-15-18-9-5-6-10-23(18)27-24(15)22-14-19(16-7-3-2-4-8-16)20-13-17(25)11-12-21(20)26-22/h2-14H,1H3. The van der Waals surface area contributed by atoms with Gasteiger partial charge < -0.3 is 0 Å². The van der Waals surface area contributed by atoms with Crippen molar-refractivity contribution in [3.8, 4) is 21.7 Å². The third-order valence-electron chi connectivity index (χ3n) is 4.93. The Bertz CT molecular complexity index is 1290. The molecule has 130 valence electrons. The SMILES string of the molecule is Cc1c(-c2cc(-c3ccccc3)c3cc(Cl)ccc3n2)sc2ccccc12. The number of fused-ring (bicyclic) bond motifs is 2. The lowest BCUT2D eigenvalue weighted by atomic mass is 9.99. The van der Waals surface area contributed by atoms with Crippen LogP contribution in [0.25, 0.3) is 42.7 Å². The molecule has 0 amide bonds. The van der Waals surface area contributed by atoms with Crippen LogP contribution in [0, 0.1) is 6.92 Å². The van der Waals surface area contributed by atoms with Crippen molar-refractivity contribution in [2.24, 2.45) is 0 Å². The molecule has 3 heteroatoms. The molecule has 0 unspecified atom stereocenters.